The number of nitrogens with zero attached hydrogens (tertiary/aromatic N) is 5. The highest BCUT2D eigenvalue weighted by molar-refractivity contribution is 6.39. The Hall–Kier alpha value is -2.51. The second-order valence-electron chi connectivity index (χ2n) is 4.94. The van der Waals surface area contributed by atoms with Crippen molar-refractivity contribution < 1.29 is 9.59 Å². The maximum absolute atomic E-state index is 12.3. The molecule has 8 heteroatoms. The fourth-order valence-electron chi connectivity index (χ4n) is 2.40. The summed E-state index contributed by atoms with van der Waals surface area (Å²) in [6, 6.07) is 0. The van der Waals surface area contributed by atoms with Crippen molar-refractivity contribution in [3.63, 3.8) is 0 Å². The second kappa shape index (κ2) is 5.86. The van der Waals surface area contributed by atoms with Crippen LogP contribution >= 0.6 is 0 Å². The molecular formula is C13H16N6O2. The summed E-state index contributed by atoms with van der Waals surface area (Å²) < 4.78 is 0. The van der Waals surface area contributed by atoms with Crippen LogP contribution in [0.3, 0.4) is 0 Å². The number of aromatic nitrogens is 2. The number of piperazine rings is 1. The number of hydrazone groups is 1. The van der Waals surface area contributed by atoms with Gasteiger partial charge in [-0.05, 0) is 0 Å². The molecule has 0 atom stereocenters. The highest BCUT2D eigenvalue weighted by Gasteiger charge is 2.27. The largest absolute Gasteiger partial charge is 0.352 e. The van der Waals surface area contributed by atoms with Crippen molar-refractivity contribution in [3.8, 4) is 0 Å². The lowest BCUT2D eigenvalue weighted by Gasteiger charge is -2.35. The van der Waals surface area contributed by atoms with Gasteiger partial charge in [0.2, 0.25) is 5.91 Å². The molecule has 0 bridgehead atoms. The molecule has 1 aromatic heterocycles. The molecule has 0 saturated carbocycles. The minimum absolute atomic E-state index is 0.0891. The number of anilines is 1. The van der Waals surface area contributed by atoms with Gasteiger partial charge >= 0.3 is 0 Å². The molecule has 3 rings (SSSR count). The summed E-state index contributed by atoms with van der Waals surface area (Å²) in [5, 5.41) is 3.85. The molecule has 2 aliphatic rings. The lowest BCUT2D eigenvalue weighted by atomic mass is 10.1. The first kappa shape index (κ1) is 13.5. The van der Waals surface area contributed by atoms with E-state index in [1.807, 2.05) is 0 Å². The van der Waals surface area contributed by atoms with E-state index in [2.05, 4.69) is 25.4 Å². The van der Waals surface area contributed by atoms with Crippen molar-refractivity contribution in [1.29, 1.82) is 0 Å². The molecular weight excluding hydrogens is 272 g/mol. The van der Waals surface area contributed by atoms with Crippen molar-refractivity contribution in [3.05, 3.63) is 18.6 Å². The fourth-order valence-corrected chi connectivity index (χ4v) is 2.40. The Balaban J connectivity index is 1.58. The van der Waals surface area contributed by atoms with Crippen LogP contribution in [0.4, 0.5) is 5.82 Å². The van der Waals surface area contributed by atoms with Crippen LogP contribution in [-0.4, -0.2) is 58.6 Å². The SMILES string of the molecule is O=C1CCC(C(=O)N2CCN(c3cnccn3)CC2)=NN1. The number of amides is 2. The van der Waals surface area contributed by atoms with Gasteiger partial charge in [-0.25, -0.2) is 10.4 Å². The Labute approximate surface area is 121 Å². The van der Waals surface area contributed by atoms with Crippen LogP contribution in [0.2, 0.25) is 0 Å². The van der Waals surface area contributed by atoms with Gasteiger partial charge in [0.1, 0.15) is 11.5 Å². The highest BCUT2D eigenvalue weighted by Crippen LogP contribution is 2.12. The van der Waals surface area contributed by atoms with Crippen LogP contribution in [0.5, 0.6) is 0 Å². The summed E-state index contributed by atoms with van der Waals surface area (Å²) >= 11 is 0. The number of hydrogen-bond acceptors (Lipinski definition) is 6. The first-order chi connectivity index (χ1) is 10.2. The maximum atomic E-state index is 12.3. The molecule has 0 radical (unpaired) electrons. The second-order valence-corrected chi connectivity index (χ2v) is 4.94. The van der Waals surface area contributed by atoms with E-state index in [9.17, 15) is 9.59 Å². The zero-order valence-electron chi connectivity index (χ0n) is 11.5. The van der Waals surface area contributed by atoms with Crippen molar-refractivity contribution >= 4 is 23.3 Å². The van der Waals surface area contributed by atoms with Gasteiger partial charge in [-0.2, -0.15) is 5.10 Å². The van der Waals surface area contributed by atoms with Gasteiger partial charge < -0.3 is 9.80 Å². The standard InChI is InChI=1S/C13H16N6O2/c20-12-2-1-10(16-17-12)13(21)19-7-5-18(6-8-19)11-9-14-3-4-15-11/h3-4,9H,1-2,5-8H2,(H,17,20). The molecule has 0 aromatic carbocycles. The van der Waals surface area contributed by atoms with E-state index in [-0.39, 0.29) is 11.8 Å². The molecule has 2 aliphatic heterocycles. The Morgan fingerprint density at radius 3 is 2.57 bits per heavy atom. The average molecular weight is 288 g/mol. The summed E-state index contributed by atoms with van der Waals surface area (Å²) in [5.74, 6) is 0.597. The molecule has 1 fully saturated rings. The van der Waals surface area contributed by atoms with Crippen LogP contribution in [0.1, 0.15) is 12.8 Å². The minimum Gasteiger partial charge on any atom is -0.352 e. The van der Waals surface area contributed by atoms with Gasteiger partial charge in [0.25, 0.3) is 5.91 Å². The van der Waals surface area contributed by atoms with Gasteiger partial charge in [0, 0.05) is 51.4 Å². The van der Waals surface area contributed by atoms with Crippen LogP contribution in [-0.2, 0) is 9.59 Å². The van der Waals surface area contributed by atoms with Crippen molar-refractivity contribution in [2.75, 3.05) is 31.1 Å². The van der Waals surface area contributed by atoms with E-state index < -0.39 is 0 Å². The number of rotatable bonds is 2. The number of nitrogens with one attached hydrogen (secondary N) is 1. The topological polar surface area (TPSA) is 90.8 Å². The quantitative estimate of drug-likeness (QED) is 0.784. The zero-order valence-corrected chi connectivity index (χ0v) is 11.5. The van der Waals surface area contributed by atoms with Crippen LogP contribution in [0.15, 0.2) is 23.7 Å². The predicted octanol–water partition coefficient (Wildman–Crippen LogP) is -0.609. The summed E-state index contributed by atoms with van der Waals surface area (Å²) in [6.45, 7) is 2.65. The van der Waals surface area contributed by atoms with Gasteiger partial charge in [-0.15, -0.1) is 0 Å². The molecule has 2 amide bonds. The Bertz CT molecular complexity index is 565. The van der Waals surface area contributed by atoms with E-state index in [0.29, 0.717) is 44.7 Å². The molecule has 0 unspecified atom stereocenters. The lowest BCUT2D eigenvalue weighted by Crippen LogP contribution is -2.51. The summed E-state index contributed by atoms with van der Waals surface area (Å²) in [7, 11) is 0. The van der Waals surface area contributed by atoms with E-state index in [1.165, 1.54) is 0 Å². The molecule has 1 saturated heterocycles. The molecule has 21 heavy (non-hydrogen) atoms. The molecule has 110 valence electrons. The third kappa shape index (κ3) is 2.99. The Morgan fingerprint density at radius 1 is 1.14 bits per heavy atom. The zero-order chi connectivity index (χ0) is 14.7. The smallest absolute Gasteiger partial charge is 0.270 e. The average Bonchev–Trinajstić information content (AvgIpc) is 2.56. The molecule has 1 aromatic rings. The van der Waals surface area contributed by atoms with Crippen LogP contribution in [0, 0.1) is 0 Å². The monoisotopic (exact) mass is 288 g/mol. The Morgan fingerprint density at radius 2 is 1.95 bits per heavy atom. The van der Waals surface area contributed by atoms with E-state index in [0.717, 1.165) is 5.82 Å². The Kier molecular flexibility index (Phi) is 3.76. The van der Waals surface area contributed by atoms with E-state index in [4.69, 9.17) is 0 Å². The maximum Gasteiger partial charge on any atom is 0.270 e. The third-order valence-corrected chi connectivity index (χ3v) is 3.59. The number of carbonyl (C=O) groups is 2. The van der Waals surface area contributed by atoms with Gasteiger partial charge in [0.05, 0.1) is 6.20 Å². The molecule has 0 aliphatic carbocycles. The van der Waals surface area contributed by atoms with Gasteiger partial charge in [0.15, 0.2) is 0 Å². The molecule has 3 heterocycles. The fraction of sp³-hybridized carbons (Fsp3) is 0.462. The van der Waals surface area contributed by atoms with Crippen molar-refractivity contribution in [2.24, 2.45) is 5.10 Å². The minimum atomic E-state index is -0.140. The third-order valence-electron chi connectivity index (χ3n) is 3.59. The first-order valence-corrected chi connectivity index (χ1v) is 6.89. The summed E-state index contributed by atoms with van der Waals surface area (Å²) in [5.41, 5.74) is 2.79. The lowest BCUT2D eigenvalue weighted by molar-refractivity contribution is -0.124. The van der Waals surface area contributed by atoms with Gasteiger partial charge in [-0.1, -0.05) is 0 Å². The molecule has 1 N–H and O–H groups in total. The predicted molar refractivity (Wildman–Crippen MR) is 75.6 cm³/mol. The summed E-state index contributed by atoms with van der Waals surface area (Å²) in [6.07, 6.45) is 5.75. The van der Waals surface area contributed by atoms with Crippen molar-refractivity contribution in [1.82, 2.24) is 20.3 Å². The number of hydrogen-bond donors (Lipinski definition) is 1. The van der Waals surface area contributed by atoms with E-state index in [1.54, 1.807) is 23.5 Å². The van der Waals surface area contributed by atoms with Crippen LogP contribution in [0.25, 0.3) is 0 Å². The van der Waals surface area contributed by atoms with Crippen molar-refractivity contribution in [2.45, 2.75) is 12.8 Å². The highest BCUT2D eigenvalue weighted by atomic mass is 16.2. The first-order valence-electron chi connectivity index (χ1n) is 6.89. The molecule has 0 spiro atoms. The summed E-state index contributed by atoms with van der Waals surface area (Å²) in [4.78, 5) is 35.5. The van der Waals surface area contributed by atoms with Crippen LogP contribution < -0.4 is 10.3 Å². The number of carbonyl (C=O) groups excluding carboxylic acids is 2. The van der Waals surface area contributed by atoms with E-state index >= 15 is 0 Å². The van der Waals surface area contributed by atoms with Gasteiger partial charge in [-0.3, -0.25) is 14.6 Å². The normalized spacial score (nSPS) is 19.0. The molecule has 8 nitrogen and oxygen atoms in total.